The van der Waals surface area contributed by atoms with Crippen molar-refractivity contribution < 1.29 is 43.3 Å². The van der Waals surface area contributed by atoms with E-state index in [0.29, 0.717) is 47.2 Å². The lowest BCUT2D eigenvalue weighted by Gasteiger charge is -2.49. The van der Waals surface area contributed by atoms with Crippen molar-refractivity contribution in [3.8, 4) is 16.2 Å². The predicted octanol–water partition coefficient (Wildman–Crippen LogP) is 8.80. The number of carboxylic acids is 1. The number of aldehydes is 2. The van der Waals surface area contributed by atoms with E-state index in [-0.39, 0.29) is 46.4 Å². The minimum Gasteiger partial charge on any atom is -0.483 e. The number of carbonyl (C=O) groups excluding carboxylic acids is 4. The molecule has 1 saturated carbocycles. The van der Waals surface area contributed by atoms with E-state index >= 15 is 0 Å². The summed E-state index contributed by atoms with van der Waals surface area (Å²) in [6.07, 6.45) is 7.20. The van der Waals surface area contributed by atoms with Gasteiger partial charge in [-0.2, -0.15) is 4.98 Å². The Morgan fingerprint density at radius 1 is 1.04 bits per heavy atom. The van der Waals surface area contributed by atoms with Crippen LogP contribution in [0.5, 0.6) is 5.75 Å². The zero-order valence-corrected chi connectivity index (χ0v) is 40.6. The highest BCUT2D eigenvalue weighted by atomic mass is 35.5. The van der Waals surface area contributed by atoms with Gasteiger partial charge in [-0.15, -0.1) is 11.3 Å². The number of aliphatic hydroxyl groups is 1. The summed E-state index contributed by atoms with van der Waals surface area (Å²) >= 11 is 9.53. The van der Waals surface area contributed by atoms with Crippen molar-refractivity contribution in [2.75, 3.05) is 55.5 Å². The van der Waals surface area contributed by atoms with Crippen LogP contribution < -0.4 is 25.2 Å². The van der Waals surface area contributed by atoms with Gasteiger partial charge in [0.25, 0.3) is 6.01 Å². The first-order chi connectivity index (χ1) is 33.6. The Morgan fingerprint density at radius 2 is 1.86 bits per heavy atom. The second-order valence-corrected chi connectivity index (χ2v) is 20.2. The molecule has 6 aromatic rings. The van der Waals surface area contributed by atoms with Gasteiger partial charge in [-0.05, 0) is 103 Å². The van der Waals surface area contributed by atoms with Gasteiger partial charge in [-0.1, -0.05) is 66.0 Å². The molecule has 0 spiro atoms. The maximum absolute atomic E-state index is 12.8. The van der Waals surface area contributed by atoms with Gasteiger partial charge in [0.2, 0.25) is 11.8 Å². The number of rotatable bonds is 15. The average Bonchev–Trinajstić information content (AvgIpc) is 3.96. The number of ether oxygens (including phenoxy) is 1. The fourth-order valence-electron chi connectivity index (χ4n) is 10.5. The number of aromatic nitrogens is 1. The third kappa shape index (κ3) is 9.80. The smallest absolute Gasteiger partial charge is 0.349 e. The molecule has 5 fully saturated rings. The number of aliphatic hydroxyl groups excluding tert-OH is 1. The fourth-order valence-corrected chi connectivity index (χ4v) is 13.1. The third-order valence-corrected chi connectivity index (χ3v) is 16.8. The van der Waals surface area contributed by atoms with Crippen molar-refractivity contribution in [1.82, 2.24) is 14.6 Å². The number of imide groups is 1. The number of thiophene rings is 1. The predicted molar refractivity (Wildman–Crippen MR) is 270 cm³/mol. The summed E-state index contributed by atoms with van der Waals surface area (Å²) in [5.74, 6) is -0.166. The minimum absolute atomic E-state index is 0.0200. The molecule has 18 heteroatoms. The highest BCUT2D eigenvalue weighted by molar-refractivity contribution is 7.96. The number of oxazole rings is 1. The minimum atomic E-state index is -1.15. The number of halogens is 1. The lowest BCUT2D eigenvalue weighted by molar-refractivity contribution is -0.134. The molecule has 1 aliphatic carbocycles. The normalized spacial score (nSPS) is 20.6. The number of nitrogens with one attached hydrogen (secondary N) is 2. The Balaban J connectivity index is 0.00000293. The average molecular weight is 994 g/mol. The summed E-state index contributed by atoms with van der Waals surface area (Å²) in [5, 5.41) is 25.0. The van der Waals surface area contributed by atoms with E-state index in [1.165, 1.54) is 11.1 Å². The van der Waals surface area contributed by atoms with Crippen LogP contribution in [0.15, 0.2) is 77.2 Å². The molecular weight excluding hydrogens is 940 g/mol. The zero-order valence-electron chi connectivity index (χ0n) is 38.2. The van der Waals surface area contributed by atoms with Crippen LogP contribution in [0.4, 0.5) is 17.4 Å². The van der Waals surface area contributed by atoms with Gasteiger partial charge >= 0.3 is 5.97 Å². The van der Waals surface area contributed by atoms with Gasteiger partial charge in [0.1, 0.15) is 23.2 Å². The second kappa shape index (κ2) is 20.9. The Morgan fingerprint density at radius 3 is 2.59 bits per heavy atom. The maximum Gasteiger partial charge on any atom is 0.349 e. The molecule has 4 N–H and O–H groups in total. The van der Waals surface area contributed by atoms with E-state index in [1.54, 1.807) is 0 Å². The van der Waals surface area contributed by atoms with Gasteiger partial charge < -0.3 is 34.5 Å². The van der Waals surface area contributed by atoms with Crippen molar-refractivity contribution in [3.63, 3.8) is 0 Å². The highest BCUT2D eigenvalue weighted by Crippen LogP contribution is 2.47. The lowest BCUT2D eigenvalue weighted by Crippen LogP contribution is -2.53. The van der Waals surface area contributed by atoms with Crippen molar-refractivity contribution in [2.45, 2.75) is 74.7 Å². The number of hydrogen-bond acceptors (Lipinski definition) is 15. The fraction of sp³-hybridized carbons (Fsp3) is 0.373. The van der Waals surface area contributed by atoms with Crippen LogP contribution >= 0.6 is 34.9 Å². The SMILES string of the molecule is CN(c1ccc(C2CCN(c3nc4cc(CSN5CC6CCC5CC6Nc5cccc(-c6sc(C(=O)O)c(OCC=O)c6Cl)c5)ccc4o3)CC2)c2cccc(C=O)c12)C1CCC(=O)NC1=O.CO. The molecule has 2 aromatic heterocycles. The van der Waals surface area contributed by atoms with Crippen molar-refractivity contribution in [1.29, 1.82) is 0 Å². The molecule has 4 aromatic carbocycles. The number of likely N-dealkylation sites (N-methyl/N-ethyl adjacent to an activating group) is 1. The molecule has 360 valence electrons. The van der Waals surface area contributed by atoms with Crippen LogP contribution in [0, 0.1) is 5.92 Å². The van der Waals surface area contributed by atoms with Gasteiger partial charge in [-0.25, -0.2) is 9.10 Å². The highest BCUT2D eigenvalue weighted by Gasteiger charge is 2.41. The van der Waals surface area contributed by atoms with E-state index in [0.717, 1.165) is 121 Å². The van der Waals surface area contributed by atoms with E-state index in [2.05, 4.69) is 44.1 Å². The Bertz CT molecular complexity index is 2920. The Kier molecular flexibility index (Phi) is 14.6. The lowest BCUT2D eigenvalue weighted by atomic mass is 9.77. The van der Waals surface area contributed by atoms with Gasteiger partial charge in [0.15, 0.2) is 28.8 Å². The molecule has 4 unspecified atom stereocenters. The third-order valence-electron chi connectivity index (χ3n) is 13.9. The van der Waals surface area contributed by atoms with E-state index in [1.807, 2.05) is 72.4 Å². The second-order valence-electron chi connectivity index (χ2n) is 17.8. The van der Waals surface area contributed by atoms with Crippen LogP contribution in [-0.4, -0.2) is 108 Å². The van der Waals surface area contributed by atoms with Gasteiger partial charge in [0, 0.05) is 80.4 Å². The molecule has 4 atom stereocenters. The first kappa shape index (κ1) is 48.1. The van der Waals surface area contributed by atoms with Crippen LogP contribution in [0.1, 0.15) is 82.0 Å². The first-order valence-electron chi connectivity index (χ1n) is 23.1. The summed E-state index contributed by atoms with van der Waals surface area (Å²) in [6.45, 7) is 2.23. The summed E-state index contributed by atoms with van der Waals surface area (Å²) in [6, 6.07) is 25.0. The standard InChI is InChI=1S/C50H49ClN6O8S2.CH4O/c1-55(40-13-15-42(60)54-48(40)61)39-12-11-35(36-7-3-5-32(26-59)43(36)39)29-16-18-56(19-17-29)50-53-38-22-28(8-14-41(38)65-50)27-66-57-25-31-9-10-34(57)24-37(31)52-33-6-2-4-30(23-33)46-44(51)45(64-21-20-58)47(67-46)49(62)63;1-2/h2-8,11-12,14,20,22-23,26,29,31,34,37,40,52H,9-10,13,15-19,21,24-25,27H2,1H3,(H,62,63)(H,54,60,61);2H,1H3. The number of amides is 2. The molecule has 4 saturated heterocycles. The summed E-state index contributed by atoms with van der Waals surface area (Å²) < 4.78 is 14.3. The summed E-state index contributed by atoms with van der Waals surface area (Å²) in [7, 11) is 2.85. The Hall–Kier alpha value is -5.98. The number of piperidine rings is 4. The van der Waals surface area contributed by atoms with E-state index in [9.17, 15) is 29.1 Å². The van der Waals surface area contributed by atoms with E-state index in [4.69, 9.17) is 30.8 Å². The first-order valence-corrected chi connectivity index (χ1v) is 25.3. The number of anilines is 3. The number of carbonyl (C=O) groups is 5. The summed E-state index contributed by atoms with van der Waals surface area (Å²) in [5.41, 5.74) is 7.07. The number of nitrogens with zero attached hydrogens (tertiary/aromatic N) is 4. The van der Waals surface area contributed by atoms with Crippen LogP contribution in [0.3, 0.4) is 0 Å². The van der Waals surface area contributed by atoms with Gasteiger partial charge in [-0.3, -0.25) is 24.5 Å². The quantitative estimate of drug-likeness (QED) is 0.0433. The summed E-state index contributed by atoms with van der Waals surface area (Å²) in [4.78, 5) is 69.5. The Labute approximate surface area is 412 Å². The van der Waals surface area contributed by atoms with Crippen molar-refractivity contribution >= 4 is 105 Å². The molecule has 69 heavy (non-hydrogen) atoms. The van der Waals surface area contributed by atoms with Crippen LogP contribution in [0.2, 0.25) is 5.02 Å². The monoisotopic (exact) mass is 992 g/mol. The maximum atomic E-state index is 12.8. The van der Waals surface area contributed by atoms with Crippen molar-refractivity contribution in [2.24, 2.45) is 5.92 Å². The molecule has 4 aliphatic heterocycles. The zero-order chi connectivity index (χ0) is 48.3. The number of aromatic carboxylic acids is 1. The molecular formula is C51H53ClN6O9S2. The molecule has 5 aliphatic rings. The molecule has 11 rings (SSSR count). The number of carboxylic acid groups (broad SMARTS) is 1. The molecule has 15 nitrogen and oxygen atoms in total. The number of hydrogen-bond donors (Lipinski definition) is 4. The molecule has 6 heterocycles. The molecule has 2 bridgehead atoms. The van der Waals surface area contributed by atoms with Crippen LogP contribution in [-0.2, 0) is 20.1 Å². The van der Waals surface area contributed by atoms with E-state index < -0.39 is 12.0 Å². The largest absolute Gasteiger partial charge is 0.483 e. The van der Waals surface area contributed by atoms with Gasteiger partial charge in [0.05, 0.1) is 4.88 Å². The van der Waals surface area contributed by atoms with Crippen LogP contribution in [0.25, 0.3) is 32.3 Å². The molecule has 0 radical (unpaired) electrons. The number of fused-ring (bicyclic) bond motifs is 5. The number of benzene rings is 4. The topological polar surface area (TPSA) is 195 Å². The van der Waals surface area contributed by atoms with Crippen molar-refractivity contribution in [3.05, 3.63) is 99.4 Å². The molecule has 2 amide bonds.